The number of carboxylic acid groups (broad SMARTS) is 1. The maximum absolute atomic E-state index is 12.0. The topological polar surface area (TPSA) is 75.6 Å². The van der Waals surface area contributed by atoms with Crippen LogP contribution in [0.25, 0.3) is 0 Å². The molecule has 0 spiro atoms. The highest BCUT2D eigenvalue weighted by molar-refractivity contribution is 5.85. The van der Waals surface area contributed by atoms with Crippen LogP contribution in [0.2, 0.25) is 0 Å². The second-order valence-electron chi connectivity index (χ2n) is 5.25. The highest BCUT2D eigenvalue weighted by atomic mass is 16.5. The van der Waals surface area contributed by atoms with E-state index in [0.29, 0.717) is 6.42 Å². The van der Waals surface area contributed by atoms with Crippen molar-refractivity contribution >= 4 is 11.9 Å². The number of methoxy groups -OCH3 is 1. The lowest BCUT2D eigenvalue weighted by Crippen LogP contribution is -2.45. The number of amides is 1. The second kappa shape index (κ2) is 7.67. The number of aryl methyl sites for hydroxylation is 1. The summed E-state index contributed by atoms with van der Waals surface area (Å²) in [6.45, 7) is 5.64. The summed E-state index contributed by atoms with van der Waals surface area (Å²) < 4.78 is 5.22. The fourth-order valence-corrected chi connectivity index (χ4v) is 2.07. The zero-order valence-corrected chi connectivity index (χ0v) is 13.0. The van der Waals surface area contributed by atoms with Crippen molar-refractivity contribution in [1.82, 2.24) is 5.32 Å². The Morgan fingerprint density at radius 1 is 1.38 bits per heavy atom. The van der Waals surface area contributed by atoms with Crippen LogP contribution in [-0.2, 0) is 16.0 Å². The summed E-state index contributed by atoms with van der Waals surface area (Å²) >= 11 is 0. The summed E-state index contributed by atoms with van der Waals surface area (Å²) in [7, 11) is 1.58. The Kier molecular flexibility index (Phi) is 6.21. The molecular formula is C16H23NO4. The molecule has 116 valence electrons. The van der Waals surface area contributed by atoms with E-state index in [0.717, 1.165) is 16.9 Å². The molecule has 1 rings (SSSR count). The number of ether oxygens (including phenoxy) is 1. The molecule has 0 aliphatic rings. The van der Waals surface area contributed by atoms with Gasteiger partial charge in [-0.3, -0.25) is 4.79 Å². The van der Waals surface area contributed by atoms with E-state index >= 15 is 0 Å². The first kappa shape index (κ1) is 17.0. The number of rotatable bonds is 7. The molecule has 2 unspecified atom stereocenters. The van der Waals surface area contributed by atoms with E-state index < -0.39 is 12.0 Å². The Morgan fingerprint density at radius 2 is 2.05 bits per heavy atom. The normalized spacial score (nSPS) is 13.3. The van der Waals surface area contributed by atoms with Gasteiger partial charge in [0.1, 0.15) is 11.8 Å². The predicted molar refractivity (Wildman–Crippen MR) is 80.5 cm³/mol. The summed E-state index contributed by atoms with van der Waals surface area (Å²) in [4.78, 5) is 23.2. The van der Waals surface area contributed by atoms with Gasteiger partial charge in [-0.15, -0.1) is 0 Å². The van der Waals surface area contributed by atoms with Gasteiger partial charge in [-0.05, 0) is 30.0 Å². The third-order valence-electron chi connectivity index (χ3n) is 3.63. The van der Waals surface area contributed by atoms with E-state index in [-0.39, 0.29) is 18.2 Å². The third-order valence-corrected chi connectivity index (χ3v) is 3.63. The van der Waals surface area contributed by atoms with Crippen molar-refractivity contribution in [3.8, 4) is 5.75 Å². The van der Waals surface area contributed by atoms with Crippen molar-refractivity contribution < 1.29 is 19.4 Å². The smallest absolute Gasteiger partial charge is 0.326 e. The van der Waals surface area contributed by atoms with Crippen molar-refractivity contribution in [1.29, 1.82) is 0 Å². The predicted octanol–water partition coefficient (Wildman–Crippen LogP) is 2.16. The van der Waals surface area contributed by atoms with Crippen molar-refractivity contribution in [2.75, 3.05) is 7.11 Å². The number of benzene rings is 1. The minimum Gasteiger partial charge on any atom is -0.496 e. The average molecular weight is 293 g/mol. The fraction of sp³-hybridized carbons (Fsp3) is 0.500. The lowest BCUT2D eigenvalue weighted by Gasteiger charge is -2.20. The standard InChI is InChI=1S/C16H23NO4/c1-5-10(2)15(16(19)20)17-14(18)9-12-7-6-11(3)13(8-12)21-4/h6-8,10,15H,5,9H2,1-4H3,(H,17,18)(H,19,20). The van der Waals surface area contributed by atoms with Crippen LogP contribution in [-0.4, -0.2) is 30.1 Å². The first-order valence-electron chi connectivity index (χ1n) is 7.04. The maximum atomic E-state index is 12.0. The first-order chi connectivity index (χ1) is 9.88. The highest BCUT2D eigenvalue weighted by Crippen LogP contribution is 2.19. The molecule has 0 saturated carbocycles. The van der Waals surface area contributed by atoms with E-state index in [1.54, 1.807) is 13.2 Å². The summed E-state index contributed by atoms with van der Waals surface area (Å²) in [5, 5.41) is 11.8. The molecule has 21 heavy (non-hydrogen) atoms. The number of nitrogens with one attached hydrogen (secondary N) is 1. The SMILES string of the molecule is CCC(C)C(NC(=O)Cc1ccc(C)c(OC)c1)C(=O)O. The van der Waals surface area contributed by atoms with Crippen LogP contribution in [0.3, 0.4) is 0 Å². The Bertz CT molecular complexity index is 513. The molecule has 0 saturated heterocycles. The zero-order valence-electron chi connectivity index (χ0n) is 13.0. The molecule has 1 aromatic carbocycles. The number of carboxylic acids is 1. The van der Waals surface area contributed by atoms with Crippen LogP contribution < -0.4 is 10.1 Å². The van der Waals surface area contributed by atoms with Crippen LogP contribution in [0.4, 0.5) is 0 Å². The highest BCUT2D eigenvalue weighted by Gasteiger charge is 2.25. The van der Waals surface area contributed by atoms with Crippen molar-refractivity contribution in [3.63, 3.8) is 0 Å². The summed E-state index contributed by atoms with van der Waals surface area (Å²) in [5.41, 5.74) is 1.79. The molecular weight excluding hydrogens is 270 g/mol. The molecule has 2 atom stereocenters. The van der Waals surface area contributed by atoms with Gasteiger partial charge < -0.3 is 15.2 Å². The Labute approximate surface area is 125 Å². The monoisotopic (exact) mass is 293 g/mol. The van der Waals surface area contributed by atoms with E-state index in [4.69, 9.17) is 4.74 Å². The Hall–Kier alpha value is -2.04. The van der Waals surface area contributed by atoms with Crippen LogP contribution in [0.15, 0.2) is 18.2 Å². The van der Waals surface area contributed by atoms with Gasteiger partial charge >= 0.3 is 5.97 Å². The van der Waals surface area contributed by atoms with Crippen LogP contribution in [0.1, 0.15) is 31.4 Å². The van der Waals surface area contributed by atoms with E-state index in [9.17, 15) is 14.7 Å². The van der Waals surface area contributed by atoms with Crippen molar-refractivity contribution in [2.45, 2.75) is 39.7 Å². The summed E-state index contributed by atoms with van der Waals surface area (Å²) in [5.74, 6) is -0.691. The molecule has 0 aromatic heterocycles. The maximum Gasteiger partial charge on any atom is 0.326 e. The third kappa shape index (κ3) is 4.77. The molecule has 5 nitrogen and oxygen atoms in total. The van der Waals surface area contributed by atoms with Gasteiger partial charge in [0.15, 0.2) is 0 Å². The largest absolute Gasteiger partial charge is 0.496 e. The molecule has 0 fully saturated rings. The lowest BCUT2D eigenvalue weighted by atomic mass is 9.99. The number of aliphatic carboxylic acids is 1. The number of carbonyl (C=O) groups excluding carboxylic acids is 1. The van der Waals surface area contributed by atoms with Gasteiger partial charge in [0.2, 0.25) is 5.91 Å². The average Bonchev–Trinajstić information content (AvgIpc) is 2.45. The number of carbonyl (C=O) groups is 2. The number of hydrogen-bond donors (Lipinski definition) is 2. The zero-order chi connectivity index (χ0) is 16.0. The summed E-state index contributed by atoms with van der Waals surface area (Å²) in [6, 6.07) is 4.67. The quantitative estimate of drug-likeness (QED) is 0.808. The van der Waals surface area contributed by atoms with E-state index in [2.05, 4.69) is 5.32 Å². The molecule has 0 heterocycles. The molecule has 5 heteroatoms. The molecule has 0 radical (unpaired) electrons. The molecule has 2 N–H and O–H groups in total. The molecule has 0 bridgehead atoms. The minimum absolute atomic E-state index is 0.112. The van der Waals surface area contributed by atoms with Crippen LogP contribution in [0.5, 0.6) is 5.75 Å². The van der Waals surface area contributed by atoms with Crippen LogP contribution in [0, 0.1) is 12.8 Å². The van der Waals surface area contributed by atoms with Gasteiger partial charge in [0, 0.05) is 0 Å². The van der Waals surface area contributed by atoms with Gasteiger partial charge in [0.25, 0.3) is 0 Å². The van der Waals surface area contributed by atoms with Gasteiger partial charge in [-0.2, -0.15) is 0 Å². The van der Waals surface area contributed by atoms with E-state index in [1.807, 2.05) is 32.9 Å². The van der Waals surface area contributed by atoms with Crippen molar-refractivity contribution in [2.24, 2.45) is 5.92 Å². The Balaban J connectivity index is 2.74. The lowest BCUT2D eigenvalue weighted by molar-refractivity contribution is -0.143. The van der Waals surface area contributed by atoms with Gasteiger partial charge in [0.05, 0.1) is 13.5 Å². The fourth-order valence-electron chi connectivity index (χ4n) is 2.07. The van der Waals surface area contributed by atoms with Gasteiger partial charge in [-0.25, -0.2) is 4.79 Å². The first-order valence-corrected chi connectivity index (χ1v) is 7.04. The number of hydrogen-bond acceptors (Lipinski definition) is 3. The summed E-state index contributed by atoms with van der Waals surface area (Å²) in [6.07, 6.45) is 0.826. The van der Waals surface area contributed by atoms with Crippen molar-refractivity contribution in [3.05, 3.63) is 29.3 Å². The van der Waals surface area contributed by atoms with Crippen LogP contribution >= 0.6 is 0 Å². The molecule has 1 amide bonds. The molecule has 0 aliphatic carbocycles. The second-order valence-corrected chi connectivity index (χ2v) is 5.25. The van der Waals surface area contributed by atoms with E-state index in [1.165, 1.54) is 0 Å². The Morgan fingerprint density at radius 3 is 2.57 bits per heavy atom. The van der Waals surface area contributed by atoms with Gasteiger partial charge in [-0.1, -0.05) is 32.4 Å². The molecule has 1 aromatic rings. The molecule has 0 aliphatic heterocycles. The minimum atomic E-state index is -1.00.